The number of hydrogen-bond acceptors (Lipinski definition) is 5. The smallest absolute Gasteiger partial charge is 0.289 e. The van der Waals surface area contributed by atoms with Gasteiger partial charge in [0, 0.05) is 18.5 Å². The Morgan fingerprint density at radius 3 is 2.43 bits per heavy atom. The first-order valence-corrected chi connectivity index (χ1v) is 9.46. The quantitative estimate of drug-likeness (QED) is 0.603. The number of allylic oxidation sites excluding steroid dienone is 2. The maximum absolute atomic E-state index is 12.8. The first-order chi connectivity index (χ1) is 13.6. The van der Waals surface area contributed by atoms with E-state index in [-0.39, 0.29) is 41.4 Å². The maximum Gasteiger partial charge on any atom is 0.289 e. The summed E-state index contributed by atoms with van der Waals surface area (Å²) >= 11 is 0. The number of carbonyl (C=O) groups excluding carboxylic acids is 3. The molecule has 0 saturated carbocycles. The van der Waals surface area contributed by atoms with Crippen LogP contribution < -0.4 is 4.74 Å². The summed E-state index contributed by atoms with van der Waals surface area (Å²) in [6, 6.07) is 6.92. The van der Waals surface area contributed by atoms with Gasteiger partial charge in [-0.1, -0.05) is 24.3 Å². The summed E-state index contributed by atoms with van der Waals surface area (Å²) in [4.78, 5) is 41.1. The number of benzene rings is 1. The predicted molar refractivity (Wildman–Crippen MR) is 99.7 cm³/mol. The fourth-order valence-corrected chi connectivity index (χ4v) is 4.43. The lowest BCUT2D eigenvalue weighted by atomic mass is 9.85. The molecule has 1 aliphatic carbocycles. The van der Waals surface area contributed by atoms with Crippen LogP contribution in [0, 0.1) is 11.8 Å². The van der Waals surface area contributed by atoms with E-state index in [1.807, 2.05) is 24.3 Å². The number of nitrogens with zero attached hydrogens (tertiary/aromatic N) is 2. The average Bonchev–Trinajstić information content (AvgIpc) is 3.22. The summed E-state index contributed by atoms with van der Waals surface area (Å²) in [5, 5.41) is 0.793. The van der Waals surface area contributed by atoms with Gasteiger partial charge in [0.15, 0.2) is 17.1 Å². The lowest BCUT2D eigenvalue weighted by molar-refractivity contribution is -0.145. The number of fused-ring (bicyclic) bond motifs is 2. The number of hydrogen-bond donors (Lipinski definition) is 0. The van der Waals surface area contributed by atoms with Crippen LogP contribution in [0.15, 0.2) is 40.8 Å². The van der Waals surface area contributed by atoms with Crippen molar-refractivity contribution in [1.82, 2.24) is 9.80 Å². The molecule has 0 bridgehead atoms. The highest BCUT2D eigenvalue weighted by Gasteiger charge is 2.52. The van der Waals surface area contributed by atoms with Crippen molar-refractivity contribution in [2.45, 2.75) is 18.9 Å². The summed E-state index contributed by atoms with van der Waals surface area (Å²) in [6.07, 6.45) is 5.20. The Hall–Kier alpha value is -3.09. The van der Waals surface area contributed by atoms with E-state index in [0.717, 1.165) is 5.39 Å². The van der Waals surface area contributed by atoms with Crippen LogP contribution in [-0.4, -0.2) is 53.8 Å². The SMILES string of the molecule is COc1cccc2cc(C(=O)N3CC(N4C(=O)[C@@H]5CC=CC[C@H]5C4=O)C3)oc12. The summed E-state index contributed by atoms with van der Waals surface area (Å²) < 4.78 is 11.0. The molecule has 2 fully saturated rings. The van der Waals surface area contributed by atoms with Gasteiger partial charge in [-0.3, -0.25) is 19.3 Å². The minimum absolute atomic E-state index is 0.0927. The molecule has 7 nitrogen and oxygen atoms in total. The second kappa shape index (κ2) is 6.22. The maximum atomic E-state index is 12.8. The van der Waals surface area contributed by atoms with E-state index in [1.54, 1.807) is 24.1 Å². The monoisotopic (exact) mass is 380 g/mol. The molecule has 2 atom stereocenters. The second-order valence-electron chi connectivity index (χ2n) is 7.56. The molecule has 2 saturated heterocycles. The average molecular weight is 380 g/mol. The van der Waals surface area contributed by atoms with E-state index in [1.165, 1.54) is 4.90 Å². The van der Waals surface area contributed by atoms with Crippen molar-refractivity contribution in [1.29, 1.82) is 0 Å². The van der Waals surface area contributed by atoms with Gasteiger partial charge in [-0.25, -0.2) is 0 Å². The van der Waals surface area contributed by atoms with Crippen molar-refractivity contribution in [3.05, 3.63) is 42.2 Å². The highest BCUT2D eigenvalue weighted by atomic mass is 16.5. The Morgan fingerprint density at radius 2 is 1.79 bits per heavy atom. The van der Waals surface area contributed by atoms with Gasteiger partial charge in [-0.05, 0) is 25.0 Å². The minimum Gasteiger partial charge on any atom is -0.493 e. The van der Waals surface area contributed by atoms with E-state index >= 15 is 0 Å². The first-order valence-electron chi connectivity index (χ1n) is 9.46. The number of imide groups is 1. The molecular weight excluding hydrogens is 360 g/mol. The van der Waals surface area contributed by atoms with Crippen LogP contribution in [0.4, 0.5) is 0 Å². The molecule has 0 unspecified atom stereocenters. The molecule has 28 heavy (non-hydrogen) atoms. The van der Waals surface area contributed by atoms with Crippen molar-refractivity contribution in [2.75, 3.05) is 20.2 Å². The normalized spacial score (nSPS) is 24.6. The standard InChI is InChI=1S/C21H20N2O5/c1-27-16-8-4-5-12-9-17(28-18(12)16)21(26)22-10-13(11-22)23-19(24)14-6-2-3-7-15(14)20(23)25/h2-5,8-9,13-15H,6-7,10-11H2,1H3/t14-,15-/m1/s1. The second-order valence-corrected chi connectivity index (χ2v) is 7.56. The van der Waals surface area contributed by atoms with Crippen LogP contribution in [0.2, 0.25) is 0 Å². The van der Waals surface area contributed by atoms with E-state index in [9.17, 15) is 14.4 Å². The molecule has 144 valence electrons. The number of likely N-dealkylation sites (tertiary alicyclic amines) is 2. The van der Waals surface area contributed by atoms with E-state index in [4.69, 9.17) is 9.15 Å². The number of methoxy groups -OCH3 is 1. The zero-order valence-corrected chi connectivity index (χ0v) is 15.5. The molecule has 0 spiro atoms. The third-order valence-electron chi connectivity index (χ3n) is 5.99. The van der Waals surface area contributed by atoms with Crippen LogP contribution in [-0.2, 0) is 9.59 Å². The number of para-hydroxylation sites is 1. The van der Waals surface area contributed by atoms with Crippen LogP contribution in [0.1, 0.15) is 23.4 Å². The Morgan fingerprint density at radius 1 is 1.11 bits per heavy atom. The van der Waals surface area contributed by atoms with Crippen molar-refractivity contribution >= 4 is 28.7 Å². The molecule has 3 amide bonds. The third-order valence-corrected chi connectivity index (χ3v) is 5.99. The minimum atomic E-state index is -0.243. The van der Waals surface area contributed by atoms with Gasteiger partial charge in [-0.2, -0.15) is 0 Å². The van der Waals surface area contributed by atoms with Crippen LogP contribution in [0.25, 0.3) is 11.0 Å². The lowest BCUT2D eigenvalue weighted by Gasteiger charge is -2.42. The highest BCUT2D eigenvalue weighted by Crippen LogP contribution is 2.38. The summed E-state index contributed by atoms with van der Waals surface area (Å²) in [5.41, 5.74) is 0.534. The van der Waals surface area contributed by atoms with Crippen molar-refractivity contribution in [3.8, 4) is 5.75 Å². The zero-order chi connectivity index (χ0) is 19.4. The highest BCUT2D eigenvalue weighted by molar-refractivity contribution is 6.06. The molecular formula is C21H20N2O5. The van der Waals surface area contributed by atoms with Crippen molar-refractivity contribution in [3.63, 3.8) is 0 Å². The molecule has 5 rings (SSSR count). The Labute approximate surface area is 161 Å². The van der Waals surface area contributed by atoms with Crippen LogP contribution in [0.3, 0.4) is 0 Å². The molecule has 3 aliphatic rings. The number of amides is 3. The van der Waals surface area contributed by atoms with Gasteiger partial charge in [0.25, 0.3) is 5.91 Å². The van der Waals surface area contributed by atoms with Crippen LogP contribution in [0.5, 0.6) is 5.75 Å². The number of ether oxygens (including phenoxy) is 1. The van der Waals surface area contributed by atoms with E-state index in [2.05, 4.69) is 0 Å². The number of rotatable bonds is 3. The molecule has 2 aromatic rings. The van der Waals surface area contributed by atoms with Gasteiger partial charge in [-0.15, -0.1) is 0 Å². The molecule has 0 N–H and O–H groups in total. The van der Waals surface area contributed by atoms with Gasteiger partial charge in [0.1, 0.15) is 0 Å². The fourth-order valence-electron chi connectivity index (χ4n) is 4.43. The first kappa shape index (κ1) is 17.0. The Balaban J connectivity index is 1.30. The summed E-state index contributed by atoms with van der Waals surface area (Å²) in [7, 11) is 1.55. The number of furan rings is 1. The molecule has 3 heterocycles. The largest absolute Gasteiger partial charge is 0.493 e. The fraction of sp³-hybridized carbons (Fsp3) is 0.381. The van der Waals surface area contributed by atoms with Crippen molar-refractivity contribution < 1.29 is 23.5 Å². The summed E-state index contributed by atoms with van der Waals surface area (Å²) in [6.45, 7) is 0.689. The summed E-state index contributed by atoms with van der Waals surface area (Å²) in [5.74, 6) is -0.0879. The molecule has 1 aromatic carbocycles. The Bertz CT molecular complexity index is 991. The van der Waals surface area contributed by atoms with E-state index < -0.39 is 0 Å². The molecule has 2 aliphatic heterocycles. The topological polar surface area (TPSA) is 80.1 Å². The van der Waals surface area contributed by atoms with Gasteiger partial charge in [0.2, 0.25) is 11.8 Å². The zero-order valence-electron chi connectivity index (χ0n) is 15.5. The predicted octanol–water partition coefficient (Wildman–Crippen LogP) is 2.22. The van der Waals surface area contributed by atoms with Gasteiger partial charge >= 0.3 is 0 Å². The molecule has 0 radical (unpaired) electrons. The van der Waals surface area contributed by atoms with Crippen molar-refractivity contribution in [2.24, 2.45) is 11.8 Å². The molecule has 7 heteroatoms. The molecule has 1 aromatic heterocycles. The third kappa shape index (κ3) is 2.38. The van der Waals surface area contributed by atoms with Crippen LogP contribution >= 0.6 is 0 Å². The Kier molecular flexibility index (Phi) is 3.79. The van der Waals surface area contributed by atoms with Gasteiger partial charge in [0.05, 0.1) is 25.0 Å². The number of carbonyl (C=O) groups is 3. The lowest BCUT2D eigenvalue weighted by Crippen LogP contribution is -2.62. The van der Waals surface area contributed by atoms with Gasteiger partial charge < -0.3 is 14.1 Å². The van der Waals surface area contributed by atoms with E-state index in [0.29, 0.717) is 37.3 Å².